The number of aromatic nitrogens is 2. The molecule has 0 aromatic carbocycles. The molecule has 0 atom stereocenters. The lowest BCUT2D eigenvalue weighted by Gasteiger charge is -2.07. The molecule has 0 amide bonds. The highest BCUT2D eigenvalue weighted by Crippen LogP contribution is 2.19. The number of nitrogens with one attached hydrogen (secondary N) is 2. The molecule has 2 aliphatic carbocycles. The Hall–Kier alpha value is -1.16. The molecule has 0 unspecified atom stereocenters. The van der Waals surface area contributed by atoms with Crippen molar-refractivity contribution in [1.82, 2.24) is 15.3 Å². The Bertz CT molecular complexity index is 462. The zero-order valence-electron chi connectivity index (χ0n) is 10.1. The normalized spacial score (nSPS) is 19.8. The van der Waals surface area contributed by atoms with Crippen molar-refractivity contribution in [2.24, 2.45) is 0 Å². The highest BCUT2D eigenvalue weighted by molar-refractivity contribution is 5.19. The van der Waals surface area contributed by atoms with Crippen molar-refractivity contribution in [3.8, 4) is 0 Å². The standard InChI is InChI=1S/C13H19N3O/c17-13-10-4-2-1-3-5-11(10)15-12(16-13)8-14-9-6-7-9/h9,14H,1-8H2,(H,15,16,17). The maximum atomic E-state index is 12.0. The van der Waals surface area contributed by atoms with Crippen LogP contribution in [0.2, 0.25) is 0 Å². The lowest BCUT2D eigenvalue weighted by Crippen LogP contribution is -2.24. The van der Waals surface area contributed by atoms with Gasteiger partial charge >= 0.3 is 0 Å². The summed E-state index contributed by atoms with van der Waals surface area (Å²) < 4.78 is 0. The largest absolute Gasteiger partial charge is 0.309 e. The molecule has 4 heteroatoms. The fourth-order valence-corrected chi connectivity index (χ4v) is 2.44. The van der Waals surface area contributed by atoms with Crippen molar-refractivity contribution >= 4 is 0 Å². The molecule has 1 heterocycles. The van der Waals surface area contributed by atoms with Crippen LogP contribution in [0.3, 0.4) is 0 Å². The summed E-state index contributed by atoms with van der Waals surface area (Å²) in [4.78, 5) is 19.5. The Morgan fingerprint density at radius 2 is 2.06 bits per heavy atom. The Morgan fingerprint density at radius 3 is 2.88 bits per heavy atom. The van der Waals surface area contributed by atoms with Crippen molar-refractivity contribution in [3.63, 3.8) is 0 Å². The molecule has 0 saturated heterocycles. The third kappa shape index (κ3) is 2.57. The molecule has 0 radical (unpaired) electrons. The highest BCUT2D eigenvalue weighted by atomic mass is 16.1. The predicted molar refractivity (Wildman–Crippen MR) is 66.0 cm³/mol. The monoisotopic (exact) mass is 233 g/mol. The molecule has 1 fully saturated rings. The first-order valence-electron chi connectivity index (χ1n) is 6.67. The van der Waals surface area contributed by atoms with Crippen molar-refractivity contribution in [1.29, 1.82) is 0 Å². The fraction of sp³-hybridized carbons (Fsp3) is 0.692. The molecule has 0 aliphatic heterocycles. The lowest BCUT2D eigenvalue weighted by molar-refractivity contribution is 0.647. The van der Waals surface area contributed by atoms with Gasteiger partial charge in [-0.3, -0.25) is 4.79 Å². The smallest absolute Gasteiger partial charge is 0.254 e. The highest BCUT2D eigenvalue weighted by Gasteiger charge is 2.21. The molecule has 1 saturated carbocycles. The second-order valence-corrected chi connectivity index (χ2v) is 5.15. The van der Waals surface area contributed by atoms with E-state index in [0.717, 1.165) is 36.3 Å². The van der Waals surface area contributed by atoms with Crippen molar-refractivity contribution < 1.29 is 0 Å². The molecule has 0 spiro atoms. The third-order valence-corrected chi connectivity index (χ3v) is 3.63. The van der Waals surface area contributed by atoms with Gasteiger partial charge in [0.05, 0.1) is 12.2 Å². The van der Waals surface area contributed by atoms with E-state index >= 15 is 0 Å². The predicted octanol–water partition coefficient (Wildman–Crippen LogP) is 1.29. The van der Waals surface area contributed by atoms with Crippen LogP contribution in [0.1, 0.15) is 49.2 Å². The van der Waals surface area contributed by atoms with E-state index < -0.39 is 0 Å². The average Bonchev–Trinajstić information content (AvgIpc) is 3.13. The van der Waals surface area contributed by atoms with Crippen LogP contribution in [0.25, 0.3) is 0 Å². The molecule has 3 rings (SSSR count). The van der Waals surface area contributed by atoms with E-state index in [1.807, 2.05) is 0 Å². The molecule has 2 N–H and O–H groups in total. The minimum atomic E-state index is 0.0875. The van der Waals surface area contributed by atoms with Gasteiger partial charge in [0.25, 0.3) is 5.56 Å². The summed E-state index contributed by atoms with van der Waals surface area (Å²) >= 11 is 0. The van der Waals surface area contributed by atoms with E-state index in [1.165, 1.54) is 25.7 Å². The Kier molecular flexibility index (Phi) is 2.97. The summed E-state index contributed by atoms with van der Waals surface area (Å²) in [5.74, 6) is 0.808. The van der Waals surface area contributed by atoms with Crippen LogP contribution >= 0.6 is 0 Å². The number of hydrogen-bond donors (Lipinski definition) is 2. The molecule has 1 aromatic heterocycles. The fourth-order valence-electron chi connectivity index (χ4n) is 2.44. The van der Waals surface area contributed by atoms with E-state index in [0.29, 0.717) is 12.6 Å². The van der Waals surface area contributed by atoms with Gasteiger partial charge in [-0.05, 0) is 38.5 Å². The quantitative estimate of drug-likeness (QED) is 0.773. The number of fused-ring (bicyclic) bond motifs is 1. The number of hydrogen-bond acceptors (Lipinski definition) is 3. The van der Waals surface area contributed by atoms with Crippen LogP contribution in [-0.2, 0) is 19.4 Å². The molecular formula is C13H19N3O. The van der Waals surface area contributed by atoms with E-state index in [1.54, 1.807) is 0 Å². The summed E-state index contributed by atoms with van der Waals surface area (Å²) in [5.41, 5.74) is 2.06. The second kappa shape index (κ2) is 4.61. The van der Waals surface area contributed by atoms with Crippen LogP contribution in [0.5, 0.6) is 0 Å². The molecule has 17 heavy (non-hydrogen) atoms. The van der Waals surface area contributed by atoms with Gasteiger partial charge in [-0.1, -0.05) is 6.42 Å². The number of H-pyrrole nitrogens is 1. The third-order valence-electron chi connectivity index (χ3n) is 3.63. The summed E-state index contributed by atoms with van der Waals surface area (Å²) in [5, 5.41) is 3.39. The summed E-state index contributed by atoms with van der Waals surface area (Å²) in [6.45, 7) is 0.702. The molecule has 2 aliphatic rings. The van der Waals surface area contributed by atoms with Gasteiger partial charge in [0.1, 0.15) is 5.82 Å². The first-order valence-corrected chi connectivity index (χ1v) is 6.67. The summed E-state index contributed by atoms with van der Waals surface area (Å²) in [6.07, 6.45) is 7.88. The molecular weight excluding hydrogens is 214 g/mol. The zero-order chi connectivity index (χ0) is 11.7. The SMILES string of the molecule is O=c1[nH]c(CNC2CC2)nc2c1CCCCC2. The van der Waals surface area contributed by atoms with Gasteiger partial charge in [0.15, 0.2) is 0 Å². The van der Waals surface area contributed by atoms with Crippen LogP contribution < -0.4 is 10.9 Å². The van der Waals surface area contributed by atoms with Gasteiger partial charge in [-0.25, -0.2) is 4.98 Å². The first kappa shape index (κ1) is 11.0. The summed E-state index contributed by atoms with van der Waals surface area (Å²) in [7, 11) is 0. The molecule has 92 valence electrons. The van der Waals surface area contributed by atoms with Crippen molar-refractivity contribution in [2.45, 2.75) is 57.5 Å². The number of rotatable bonds is 3. The maximum absolute atomic E-state index is 12.0. The molecule has 1 aromatic rings. The van der Waals surface area contributed by atoms with E-state index in [4.69, 9.17) is 0 Å². The van der Waals surface area contributed by atoms with Crippen molar-refractivity contribution in [2.75, 3.05) is 0 Å². The minimum Gasteiger partial charge on any atom is -0.309 e. The van der Waals surface area contributed by atoms with Crippen LogP contribution in [-0.4, -0.2) is 16.0 Å². The number of aryl methyl sites for hydroxylation is 1. The second-order valence-electron chi connectivity index (χ2n) is 5.15. The number of aromatic amines is 1. The first-order chi connectivity index (χ1) is 8.33. The number of nitrogens with zero attached hydrogens (tertiary/aromatic N) is 1. The topological polar surface area (TPSA) is 57.8 Å². The average molecular weight is 233 g/mol. The van der Waals surface area contributed by atoms with Crippen LogP contribution in [0, 0.1) is 0 Å². The Morgan fingerprint density at radius 1 is 1.24 bits per heavy atom. The Labute approximate surface area is 101 Å². The van der Waals surface area contributed by atoms with Gasteiger partial charge in [-0.2, -0.15) is 0 Å². The van der Waals surface area contributed by atoms with E-state index in [-0.39, 0.29) is 5.56 Å². The maximum Gasteiger partial charge on any atom is 0.254 e. The van der Waals surface area contributed by atoms with E-state index in [2.05, 4.69) is 15.3 Å². The lowest BCUT2D eigenvalue weighted by atomic mass is 10.1. The molecule has 0 bridgehead atoms. The van der Waals surface area contributed by atoms with Gasteiger partial charge in [0.2, 0.25) is 0 Å². The summed E-state index contributed by atoms with van der Waals surface area (Å²) in [6, 6.07) is 0.652. The van der Waals surface area contributed by atoms with Gasteiger partial charge in [-0.15, -0.1) is 0 Å². The Balaban J connectivity index is 1.82. The van der Waals surface area contributed by atoms with Crippen LogP contribution in [0.4, 0.5) is 0 Å². The van der Waals surface area contributed by atoms with Crippen molar-refractivity contribution in [3.05, 3.63) is 27.4 Å². The van der Waals surface area contributed by atoms with Gasteiger partial charge in [0, 0.05) is 11.6 Å². The minimum absolute atomic E-state index is 0.0875. The van der Waals surface area contributed by atoms with Crippen LogP contribution in [0.15, 0.2) is 4.79 Å². The van der Waals surface area contributed by atoms with Gasteiger partial charge < -0.3 is 10.3 Å². The zero-order valence-corrected chi connectivity index (χ0v) is 10.1. The molecule has 4 nitrogen and oxygen atoms in total. The van der Waals surface area contributed by atoms with E-state index in [9.17, 15) is 4.79 Å².